The minimum absolute atomic E-state index is 0.343. The summed E-state index contributed by atoms with van der Waals surface area (Å²) in [6.45, 7) is 3.52. The highest BCUT2D eigenvalue weighted by Crippen LogP contribution is 2.27. The van der Waals surface area contributed by atoms with Crippen LogP contribution in [0.25, 0.3) is 0 Å². The van der Waals surface area contributed by atoms with Gasteiger partial charge in [0, 0.05) is 6.92 Å². The van der Waals surface area contributed by atoms with Crippen molar-refractivity contribution in [3.05, 3.63) is 27.7 Å². The van der Waals surface area contributed by atoms with Crippen LogP contribution < -0.4 is 9.47 Å². The van der Waals surface area contributed by atoms with E-state index in [2.05, 4.69) is 0 Å². The van der Waals surface area contributed by atoms with Gasteiger partial charge in [-0.2, -0.15) is 4.73 Å². The summed E-state index contributed by atoms with van der Waals surface area (Å²) in [5.74, 6) is 0.571. The Morgan fingerprint density at radius 3 is 2.58 bits per heavy atom. The van der Waals surface area contributed by atoms with Gasteiger partial charge in [-0.3, -0.25) is 0 Å². The van der Waals surface area contributed by atoms with E-state index >= 15 is 0 Å². The van der Waals surface area contributed by atoms with Crippen molar-refractivity contribution in [1.29, 1.82) is 0 Å². The Morgan fingerprint density at radius 2 is 2.08 bits per heavy atom. The van der Waals surface area contributed by atoms with Crippen LogP contribution in [0.2, 0.25) is 5.02 Å². The van der Waals surface area contributed by atoms with Gasteiger partial charge in [-0.15, -0.1) is 0 Å². The number of rotatable bonds is 1. The van der Waals surface area contributed by atoms with Crippen molar-refractivity contribution in [3.8, 4) is 5.75 Å². The minimum Gasteiger partial charge on any atom is -0.618 e. The maximum Gasteiger partial charge on any atom is 0.203 e. The highest BCUT2D eigenvalue weighted by molar-refractivity contribution is 6.31. The third-order valence-corrected chi connectivity index (χ3v) is 2.13. The number of hydrogen-bond acceptors (Lipinski definition) is 2. The van der Waals surface area contributed by atoms with E-state index in [1.807, 2.05) is 0 Å². The normalized spacial score (nSPS) is 10.0. The molecule has 0 spiro atoms. The van der Waals surface area contributed by atoms with Crippen LogP contribution in [0.15, 0.2) is 6.20 Å². The summed E-state index contributed by atoms with van der Waals surface area (Å²) >= 11 is 5.76. The second kappa shape index (κ2) is 3.19. The fourth-order valence-corrected chi connectivity index (χ4v) is 1.33. The number of aromatic nitrogens is 1. The molecule has 0 unspecified atom stereocenters. The van der Waals surface area contributed by atoms with Gasteiger partial charge in [0.05, 0.1) is 12.7 Å². The van der Waals surface area contributed by atoms with Crippen molar-refractivity contribution in [2.24, 2.45) is 0 Å². The first-order valence-electron chi connectivity index (χ1n) is 3.50. The first-order valence-corrected chi connectivity index (χ1v) is 3.88. The molecule has 0 aliphatic heterocycles. The van der Waals surface area contributed by atoms with E-state index in [1.165, 1.54) is 13.3 Å². The Hall–Kier alpha value is -0.960. The van der Waals surface area contributed by atoms with E-state index in [-0.39, 0.29) is 0 Å². The van der Waals surface area contributed by atoms with Gasteiger partial charge in [0.1, 0.15) is 5.02 Å². The molecule has 12 heavy (non-hydrogen) atoms. The topological polar surface area (TPSA) is 36.2 Å². The third-order valence-electron chi connectivity index (χ3n) is 1.87. The first-order chi connectivity index (χ1) is 5.57. The summed E-state index contributed by atoms with van der Waals surface area (Å²) in [7, 11) is 1.53. The van der Waals surface area contributed by atoms with Crippen LogP contribution in [0, 0.1) is 19.1 Å². The van der Waals surface area contributed by atoms with Gasteiger partial charge in [0.25, 0.3) is 0 Å². The quantitative estimate of drug-likeness (QED) is 0.495. The van der Waals surface area contributed by atoms with E-state index < -0.39 is 0 Å². The summed E-state index contributed by atoms with van der Waals surface area (Å²) in [4.78, 5) is 0. The Kier molecular flexibility index (Phi) is 2.43. The van der Waals surface area contributed by atoms with Gasteiger partial charge < -0.3 is 9.94 Å². The highest BCUT2D eigenvalue weighted by atomic mass is 35.5. The predicted molar refractivity (Wildman–Crippen MR) is 46.4 cm³/mol. The zero-order valence-electron chi connectivity index (χ0n) is 7.22. The largest absolute Gasteiger partial charge is 0.618 e. The van der Waals surface area contributed by atoms with E-state index in [9.17, 15) is 5.21 Å². The van der Waals surface area contributed by atoms with Crippen molar-refractivity contribution >= 4 is 11.6 Å². The van der Waals surface area contributed by atoms with Crippen LogP contribution in [0.4, 0.5) is 0 Å². The van der Waals surface area contributed by atoms with Crippen molar-refractivity contribution in [1.82, 2.24) is 0 Å². The summed E-state index contributed by atoms with van der Waals surface area (Å²) in [6, 6.07) is 0. The lowest BCUT2D eigenvalue weighted by atomic mass is 10.2. The van der Waals surface area contributed by atoms with E-state index in [1.54, 1.807) is 13.8 Å². The molecule has 0 aromatic carbocycles. The standard InChI is InChI=1S/C8H10ClNO2/c1-5-6(2)10(11)4-7(9)8(5)12-3/h4H,1-3H3. The number of pyridine rings is 1. The Labute approximate surface area is 76.1 Å². The Balaban J connectivity index is 3.40. The van der Waals surface area contributed by atoms with Gasteiger partial charge in [-0.1, -0.05) is 11.6 Å². The Morgan fingerprint density at radius 1 is 1.50 bits per heavy atom. The van der Waals surface area contributed by atoms with E-state index in [0.717, 1.165) is 10.3 Å². The maximum atomic E-state index is 11.1. The molecule has 0 aliphatic rings. The summed E-state index contributed by atoms with van der Waals surface area (Å²) in [5.41, 5.74) is 1.39. The molecule has 1 rings (SSSR count). The van der Waals surface area contributed by atoms with Gasteiger partial charge in [0.15, 0.2) is 11.4 Å². The number of halogens is 1. The third kappa shape index (κ3) is 1.32. The van der Waals surface area contributed by atoms with Crippen LogP contribution in [0.5, 0.6) is 5.75 Å². The van der Waals surface area contributed by atoms with Crippen LogP contribution in [0.1, 0.15) is 11.3 Å². The zero-order valence-corrected chi connectivity index (χ0v) is 7.97. The van der Waals surface area contributed by atoms with Gasteiger partial charge in [-0.25, -0.2) is 0 Å². The molecule has 1 aromatic rings. The molecule has 0 saturated heterocycles. The Bertz CT molecular complexity index is 312. The van der Waals surface area contributed by atoms with Gasteiger partial charge >= 0.3 is 0 Å². The molecule has 0 atom stereocenters. The lowest BCUT2D eigenvalue weighted by molar-refractivity contribution is -0.612. The second-order valence-electron chi connectivity index (χ2n) is 2.55. The summed E-state index contributed by atoms with van der Waals surface area (Å²) in [6.07, 6.45) is 1.29. The summed E-state index contributed by atoms with van der Waals surface area (Å²) in [5, 5.41) is 11.4. The van der Waals surface area contributed by atoms with Crippen LogP contribution in [-0.2, 0) is 0 Å². The molecular weight excluding hydrogens is 178 g/mol. The number of hydrogen-bond donors (Lipinski definition) is 0. The van der Waals surface area contributed by atoms with Gasteiger partial charge in [-0.05, 0) is 6.92 Å². The number of methoxy groups -OCH3 is 1. The molecule has 0 fully saturated rings. The molecule has 0 bridgehead atoms. The molecule has 1 aromatic heterocycles. The van der Waals surface area contributed by atoms with Crippen molar-refractivity contribution in [2.75, 3.05) is 7.11 Å². The maximum absolute atomic E-state index is 11.1. The van der Waals surface area contributed by atoms with Crippen LogP contribution in [-0.4, -0.2) is 7.11 Å². The lowest BCUT2D eigenvalue weighted by Crippen LogP contribution is -2.30. The smallest absolute Gasteiger partial charge is 0.203 e. The fourth-order valence-electron chi connectivity index (χ4n) is 1.02. The van der Waals surface area contributed by atoms with E-state index in [4.69, 9.17) is 16.3 Å². The number of ether oxygens (including phenoxy) is 1. The van der Waals surface area contributed by atoms with Crippen molar-refractivity contribution in [3.63, 3.8) is 0 Å². The van der Waals surface area contributed by atoms with Gasteiger partial charge in [0.2, 0.25) is 6.20 Å². The molecular formula is C8H10ClNO2. The van der Waals surface area contributed by atoms with Crippen molar-refractivity contribution < 1.29 is 9.47 Å². The van der Waals surface area contributed by atoms with Crippen LogP contribution >= 0.6 is 11.6 Å². The SMILES string of the molecule is COc1c(Cl)c[n+]([O-])c(C)c1C. The average molecular weight is 188 g/mol. The highest BCUT2D eigenvalue weighted by Gasteiger charge is 2.14. The lowest BCUT2D eigenvalue weighted by Gasteiger charge is -2.09. The molecule has 0 saturated carbocycles. The fraction of sp³-hybridized carbons (Fsp3) is 0.375. The minimum atomic E-state index is 0.343. The molecule has 4 heteroatoms. The van der Waals surface area contributed by atoms with Crippen molar-refractivity contribution in [2.45, 2.75) is 13.8 Å². The molecule has 3 nitrogen and oxygen atoms in total. The average Bonchev–Trinajstić information content (AvgIpc) is 2.01. The monoisotopic (exact) mass is 187 g/mol. The number of nitrogens with zero attached hydrogens (tertiary/aromatic N) is 1. The zero-order chi connectivity index (χ0) is 9.30. The molecule has 0 N–H and O–H groups in total. The summed E-state index contributed by atoms with van der Waals surface area (Å²) < 4.78 is 5.76. The molecule has 0 aliphatic carbocycles. The van der Waals surface area contributed by atoms with Crippen LogP contribution in [0.3, 0.4) is 0 Å². The first kappa shape index (κ1) is 9.13. The molecule has 0 radical (unpaired) electrons. The molecule has 1 heterocycles. The predicted octanol–water partition coefficient (Wildman–Crippen LogP) is 1.60. The molecule has 0 amide bonds. The second-order valence-corrected chi connectivity index (χ2v) is 2.95. The van der Waals surface area contributed by atoms with E-state index in [0.29, 0.717) is 16.5 Å². The molecule has 66 valence electrons.